The summed E-state index contributed by atoms with van der Waals surface area (Å²) in [6, 6.07) is 6.66. The molecule has 0 aliphatic heterocycles. The van der Waals surface area contributed by atoms with Gasteiger partial charge >= 0.3 is 0 Å². The molecule has 0 heterocycles. The standard InChI is InChI=1S/C17H23Cl/c1-12-4-3-5-13(2)16(12)10-17(11-18)9-14-6-7-15(17)8-14/h3-5,14-15H,6-11H2,1-2H3. The predicted molar refractivity (Wildman–Crippen MR) is 78.2 cm³/mol. The Bertz CT molecular complexity index is 431. The second-order valence-electron chi connectivity index (χ2n) is 6.62. The van der Waals surface area contributed by atoms with Gasteiger partial charge in [-0.1, -0.05) is 24.6 Å². The first-order chi connectivity index (χ1) is 8.64. The van der Waals surface area contributed by atoms with Crippen molar-refractivity contribution >= 4 is 11.6 Å². The molecule has 18 heavy (non-hydrogen) atoms. The molecule has 0 nitrogen and oxygen atoms in total. The van der Waals surface area contributed by atoms with E-state index in [4.69, 9.17) is 11.6 Å². The Morgan fingerprint density at radius 1 is 1.22 bits per heavy atom. The summed E-state index contributed by atoms with van der Waals surface area (Å²) in [5, 5.41) is 0. The van der Waals surface area contributed by atoms with Gasteiger partial charge < -0.3 is 0 Å². The molecule has 2 fully saturated rings. The van der Waals surface area contributed by atoms with Crippen LogP contribution in [0.2, 0.25) is 0 Å². The molecule has 1 aromatic rings. The fraction of sp³-hybridized carbons (Fsp3) is 0.647. The number of halogens is 1. The second-order valence-corrected chi connectivity index (χ2v) is 6.89. The number of rotatable bonds is 3. The minimum absolute atomic E-state index is 0.404. The van der Waals surface area contributed by atoms with Crippen molar-refractivity contribution in [2.75, 3.05) is 5.88 Å². The van der Waals surface area contributed by atoms with E-state index >= 15 is 0 Å². The van der Waals surface area contributed by atoms with Gasteiger partial charge in [-0.05, 0) is 73.5 Å². The Balaban J connectivity index is 1.91. The average molecular weight is 263 g/mol. The maximum atomic E-state index is 6.41. The smallest absolute Gasteiger partial charge is 0.0285 e. The molecule has 2 saturated carbocycles. The molecule has 0 aromatic heterocycles. The lowest BCUT2D eigenvalue weighted by Crippen LogP contribution is -2.32. The maximum Gasteiger partial charge on any atom is 0.0285 e. The topological polar surface area (TPSA) is 0 Å². The minimum Gasteiger partial charge on any atom is -0.126 e. The van der Waals surface area contributed by atoms with E-state index in [-0.39, 0.29) is 0 Å². The molecule has 2 bridgehead atoms. The Hall–Kier alpha value is -0.490. The third-order valence-corrected chi connectivity index (χ3v) is 6.07. The Morgan fingerprint density at radius 3 is 2.44 bits per heavy atom. The Labute approximate surface area is 116 Å². The summed E-state index contributed by atoms with van der Waals surface area (Å²) in [7, 11) is 0. The molecule has 0 N–H and O–H groups in total. The fourth-order valence-corrected chi connectivity index (χ4v) is 4.89. The summed E-state index contributed by atoms with van der Waals surface area (Å²) in [5.74, 6) is 2.71. The monoisotopic (exact) mass is 262 g/mol. The van der Waals surface area contributed by atoms with Crippen LogP contribution in [-0.2, 0) is 6.42 Å². The second kappa shape index (κ2) is 4.56. The lowest BCUT2D eigenvalue weighted by molar-refractivity contribution is 0.192. The summed E-state index contributed by atoms with van der Waals surface area (Å²) in [6.07, 6.45) is 6.89. The van der Waals surface area contributed by atoms with Gasteiger partial charge in [0.15, 0.2) is 0 Å². The molecule has 0 spiro atoms. The highest BCUT2D eigenvalue weighted by Crippen LogP contribution is 2.58. The number of fused-ring (bicyclic) bond motifs is 2. The quantitative estimate of drug-likeness (QED) is 0.681. The maximum absolute atomic E-state index is 6.41. The fourth-order valence-electron chi connectivity index (χ4n) is 4.47. The van der Waals surface area contributed by atoms with Gasteiger partial charge in [0.25, 0.3) is 0 Å². The SMILES string of the molecule is Cc1cccc(C)c1CC1(CCl)CC2CCC1C2. The van der Waals surface area contributed by atoms with Crippen LogP contribution in [0.3, 0.4) is 0 Å². The van der Waals surface area contributed by atoms with Gasteiger partial charge in [0.05, 0.1) is 0 Å². The van der Waals surface area contributed by atoms with Crippen LogP contribution in [-0.4, -0.2) is 5.88 Å². The van der Waals surface area contributed by atoms with Crippen molar-refractivity contribution in [3.05, 3.63) is 34.9 Å². The van der Waals surface area contributed by atoms with Crippen molar-refractivity contribution < 1.29 is 0 Å². The van der Waals surface area contributed by atoms with Gasteiger partial charge in [-0.3, -0.25) is 0 Å². The molecule has 2 aliphatic carbocycles. The summed E-state index contributed by atoms with van der Waals surface area (Å²) >= 11 is 6.41. The number of alkyl halides is 1. The molecular weight excluding hydrogens is 240 g/mol. The third kappa shape index (κ3) is 1.90. The van der Waals surface area contributed by atoms with Crippen LogP contribution >= 0.6 is 11.6 Å². The van der Waals surface area contributed by atoms with Crippen molar-refractivity contribution in [2.24, 2.45) is 17.3 Å². The van der Waals surface area contributed by atoms with Gasteiger partial charge in [0.2, 0.25) is 0 Å². The molecule has 3 atom stereocenters. The zero-order valence-corrected chi connectivity index (χ0v) is 12.3. The zero-order valence-electron chi connectivity index (χ0n) is 11.5. The van der Waals surface area contributed by atoms with Crippen LogP contribution < -0.4 is 0 Å². The minimum atomic E-state index is 0.404. The van der Waals surface area contributed by atoms with E-state index < -0.39 is 0 Å². The van der Waals surface area contributed by atoms with Crippen LogP contribution in [0.1, 0.15) is 42.4 Å². The van der Waals surface area contributed by atoms with Crippen LogP contribution in [0.4, 0.5) is 0 Å². The third-order valence-electron chi connectivity index (χ3n) is 5.54. The van der Waals surface area contributed by atoms with Crippen LogP contribution in [0.25, 0.3) is 0 Å². The molecule has 1 aromatic carbocycles. The first-order valence-corrected chi connectivity index (χ1v) is 7.79. The molecule has 1 heteroatoms. The average Bonchev–Trinajstić information content (AvgIpc) is 2.95. The summed E-state index contributed by atoms with van der Waals surface area (Å²) in [6.45, 7) is 4.49. The largest absolute Gasteiger partial charge is 0.126 e. The molecule has 0 radical (unpaired) electrons. The summed E-state index contributed by atoms with van der Waals surface area (Å²) < 4.78 is 0. The highest BCUT2D eigenvalue weighted by molar-refractivity contribution is 6.18. The van der Waals surface area contributed by atoms with Crippen molar-refractivity contribution in [3.8, 4) is 0 Å². The zero-order chi connectivity index (χ0) is 12.8. The van der Waals surface area contributed by atoms with Crippen molar-refractivity contribution in [1.29, 1.82) is 0 Å². The number of benzene rings is 1. The number of aryl methyl sites for hydroxylation is 2. The molecule has 98 valence electrons. The van der Waals surface area contributed by atoms with E-state index in [1.54, 1.807) is 5.56 Å². The van der Waals surface area contributed by atoms with Crippen LogP contribution in [0, 0.1) is 31.1 Å². The lowest BCUT2D eigenvalue weighted by atomic mass is 9.70. The number of hydrogen-bond donors (Lipinski definition) is 0. The normalized spacial score (nSPS) is 34.2. The summed E-state index contributed by atoms with van der Waals surface area (Å²) in [5.41, 5.74) is 4.86. The number of hydrogen-bond acceptors (Lipinski definition) is 0. The molecule has 2 aliphatic rings. The van der Waals surface area contributed by atoms with Gasteiger partial charge in [-0.25, -0.2) is 0 Å². The molecule has 0 saturated heterocycles. The van der Waals surface area contributed by atoms with E-state index in [0.29, 0.717) is 5.41 Å². The summed E-state index contributed by atoms with van der Waals surface area (Å²) in [4.78, 5) is 0. The van der Waals surface area contributed by atoms with E-state index in [9.17, 15) is 0 Å². The highest BCUT2D eigenvalue weighted by Gasteiger charge is 2.50. The molecular formula is C17H23Cl. The van der Waals surface area contributed by atoms with E-state index in [1.807, 2.05) is 0 Å². The van der Waals surface area contributed by atoms with Gasteiger partial charge in [0.1, 0.15) is 0 Å². The first kappa shape index (κ1) is 12.5. The highest BCUT2D eigenvalue weighted by atomic mass is 35.5. The van der Waals surface area contributed by atoms with E-state index in [0.717, 1.165) is 17.7 Å². The molecule has 3 unspecified atom stereocenters. The van der Waals surface area contributed by atoms with Gasteiger partial charge in [-0.15, -0.1) is 11.6 Å². The molecule has 3 rings (SSSR count). The Morgan fingerprint density at radius 2 is 1.94 bits per heavy atom. The van der Waals surface area contributed by atoms with Crippen molar-refractivity contribution in [2.45, 2.75) is 46.0 Å². The van der Waals surface area contributed by atoms with Gasteiger partial charge in [0, 0.05) is 5.88 Å². The van der Waals surface area contributed by atoms with Crippen LogP contribution in [0.15, 0.2) is 18.2 Å². The van der Waals surface area contributed by atoms with E-state index in [1.165, 1.54) is 43.2 Å². The Kier molecular flexibility index (Phi) is 3.18. The first-order valence-electron chi connectivity index (χ1n) is 7.26. The van der Waals surface area contributed by atoms with Crippen molar-refractivity contribution in [1.82, 2.24) is 0 Å². The predicted octanol–water partition coefficient (Wildman–Crippen LogP) is 4.89. The van der Waals surface area contributed by atoms with Gasteiger partial charge in [-0.2, -0.15) is 0 Å². The lowest BCUT2D eigenvalue weighted by Gasteiger charge is -2.37. The van der Waals surface area contributed by atoms with Crippen LogP contribution in [0.5, 0.6) is 0 Å². The molecule has 0 amide bonds. The van der Waals surface area contributed by atoms with E-state index in [2.05, 4.69) is 32.0 Å². The van der Waals surface area contributed by atoms with Crippen molar-refractivity contribution in [3.63, 3.8) is 0 Å².